The summed E-state index contributed by atoms with van der Waals surface area (Å²) in [6, 6.07) is 2.05. The average molecular weight is 212 g/mol. The number of hydrogen-bond donors (Lipinski definition) is 1. The van der Waals surface area contributed by atoms with Gasteiger partial charge in [-0.1, -0.05) is 0 Å². The lowest BCUT2D eigenvalue weighted by Gasteiger charge is -2.31. The molecular formula is C11H20N2O2. The van der Waals surface area contributed by atoms with E-state index in [2.05, 4.69) is 0 Å². The molecule has 0 aliphatic heterocycles. The number of nitrogens with zero attached hydrogens (tertiary/aromatic N) is 2. The fourth-order valence-electron chi connectivity index (χ4n) is 1.24. The van der Waals surface area contributed by atoms with Crippen molar-refractivity contribution in [3.8, 4) is 6.07 Å². The first-order chi connectivity index (χ1) is 6.86. The van der Waals surface area contributed by atoms with Crippen LogP contribution in [0.25, 0.3) is 0 Å². The molecule has 4 heteroatoms. The summed E-state index contributed by atoms with van der Waals surface area (Å²) in [6.45, 7) is 7.60. The monoisotopic (exact) mass is 212 g/mol. The fourth-order valence-corrected chi connectivity index (χ4v) is 1.24. The van der Waals surface area contributed by atoms with Crippen LogP contribution in [0.5, 0.6) is 0 Å². The molecule has 0 aromatic rings. The molecule has 0 atom stereocenters. The van der Waals surface area contributed by atoms with Gasteiger partial charge in [-0.25, -0.2) is 0 Å². The van der Waals surface area contributed by atoms with Gasteiger partial charge in [0.05, 0.1) is 6.07 Å². The first-order valence-corrected chi connectivity index (χ1v) is 5.20. The zero-order valence-corrected chi connectivity index (χ0v) is 9.95. The quantitative estimate of drug-likeness (QED) is 0.743. The third-order valence-corrected chi connectivity index (χ3v) is 2.26. The largest absolute Gasteiger partial charge is 0.396 e. The van der Waals surface area contributed by atoms with Gasteiger partial charge in [-0.2, -0.15) is 5.26 Å². The van der Waals surface area contributed by atoms with Crippen LogP contribution in [0.15, 0.2) is 0 Å². The maximum atomic E-state index is 12.0. The Bertz CT molecular complexity index is 254. The Balaban J connectivity index is 4.65. The first-order valence-electron chi connectivity index (χ1n) is 5.20. The SMILES string of the molecule is CC(C)N(CCCO)C(=O)C(C)(C)C#N. The highest BCUT2D eigenvalue weighted by molar-refractivity contribution is 5.84. The van der Waals surface area contributed by atoms with E-state index in [0.29, 0.717) is 13.0 Å². The van der Waals surface area contributed by atoms with Crippen LogP contribution >= 0.6 is 0 Å². The van der Waals surface area contributed by atoms with Crippen LogP contribution in [0.3, 0.4) is 0 Å². The zero-order valence-electron chi connectivity index (χ0n) is 9.95. The summed E-state index contributed by atoms with van der Waals surface area (Å²) in [5, 5.41) is 17.6. The van der Waals surface area contributed by atoms with E-state index in [1.807, 2.05) is 19.9 Å². The smallest absolute Gasteiger partial charge is 0.242 e. The Labute approximate surface area is 91.5 Å². The molecule has 86 valence electrons. The van der Waals surface area contributed by atoms with Crippen molar-refractivity contribution >= 4 is 5.91 Å². The third kappa shape index (κ3) is 3.88. The summed E-state index contributed by atoms with van der Waals surface area (Å²) >= 11 is 0. The van der Waals surface area contributed by atoms with Gasteiger partial charge in [0.1, 0.15) is 5.41 Å². The normalized spacial score (nSPS) is 11.3. The lowest BCUT2D eigenvalue weighted by molar-refractivity contribution is -0.139. The van der Waals surface area contributed by atoms with E-state index in [9.17, 15) is 4.79 Å². The minimum Gasteiger partial charge on any atom is -0.396 e. The van der Waals surface area contributed by atoms with E-state index >= 15 is 0 Å². The van der Waals surface area contributed by atoms with E-state index in [4.69, 9.17) is 10.4 Å². The Morgan fingerprint density at radius 3 is 2.40 bits per heavy atom. The van der Waals surface area contributed by atoms with Crippen molar-refractivity contribution in [2.45, 2.75) is 40.2 Å². The van der Waals surface area contributed by atoms with Gasteiger partial charge in [0.25, 0.3) is 0 Å². The highest BCUT2D eigenvalue weighted by Gasteiger charge is 2.32. The number of rotatable bonds is 5. The highest BCUT2D eigenvalue weighted by Crippen LogP contribution is 2.19. The van der Waals surface area contributed by atoms with Crippen molar-refractivity contribution < 1.29 is 9.90 Å². The maximum Gasteiger partial charge on any atom is 0.242 e. The summed E-state index contributed by atoms with van der Waals surface area (Å²) in [6.07, 6.45) is 0.547. The highest BCUT2D eigenvalue weighted by atomic mass is 16.3. The van der Waals surface area contributed by atoms with Gasteiger partial charge >= 0.3 is 0 Å². The van der Waals surface area contributed by atoms with E-state index in [0.717, 1.165) is 0 Å². The van der Waals surface area contributed by atoms with Crippen LogP contribution in [0.4, 0.5) is 0 Å². The molecule has 1 amide bonds. The second-order valence-corrected chi connectivity index (χ2v) is 4.41. The van der Waals surface area contributed by atoms with Crippen molar-refractivity contribution in [2.24, 2.45) is 5.41 Å². The molecule has 0 saturated carbocycles. The molecule has 0 fully saturated rings. The van der Waals surface area contributed by atoms with Crippen LogP contribution in [0.1, 0.15) is 34.1 Å². The number of carbonyl (C=O) groups is 1. The molecule has 0 spiro atoms. The van der Waals surface area contributed by atoms with Gasteiger partial charge in [0.2, 0.25) is 5.91 Å². The van der Waals surface area contributed by atoms with Crippen LogP contribution in [0, 0.1) is 16.7 Å². The summed E-state index contributed by atoms with van der Waals surface area (Å²) in [5.74, 6) is -0.173. The van der Waals surface area contributed by atoms with Crippen LogP contribution < -0.4 is 0 Å². The Kier molecular flexibility index (Phi) is 5.31. The van der Waals surface area contributed by atoms with E-state index in [1.165, 1.54) is 0 Å². The van der Waals surface area contributed by atoms with Gasteiger partial charge in [-0.15, -0.1) is 0 Å². The van der Waals surface area contributed by atoms with E-state index in [-0.39, 0.29) is 18.6 Å². The molecule has 0 bridgehead atoms. The molecule has 0 aliphatic carbocycles. The van der Waals surface area contributed by atoms with Gasteiger partial charge in [-0.05, 0) is 34.1 Å². The molecule has 0 unspecified atom stereocenters. The van der Waals surface area contributed by atoms with Crippen molar-refractivity contribution in [1.82, 2.24) is 4.90 Å². The Morgan fingerprint density at radius 1 is 1.53 bits per heavy atom. The predicted octanol–water partition coefficient (Wildman–Crippen LogP) is 1.16. The molecule has 4 nitrogen and oxygen atoms in total. The zero-order chi connectivity index (χ0) is 12.1. The van der Waals surface area contributed by atoms with Gasteiger partial charge in [0.15, 0.2) is 0 Å². The van der Waals surface area contributed by atoms with Crippen LogP contribution in [0.2, 0.25) is 0 Å². The molecule has 0 aromatic heterocycles. The summed E-state index contributed by atoms with van der Waals surface area (Å²) in [4.78, 5) is 13.6. The topological polar surface area (TPSA) is 64.3 Å². The molecule has 0 aromatic carbocycles. The Hall–Kier alpha value is -1.08. The number of aliphatic hydroxyl groups is 1. The number of carbonyl (C=O) groups excluding carboxylic acids is 1. The second-order valence-electron chi connectivity index (χ2n) is 4.41. The molecule has 15 heavy (non-hydrogen) atoms. The van der Waals surface area contributed by atoms with Crippen molar-refractivity contribution in [3.05, 3.63) is 0 Å². The number of aliphatic hydroxyl groups excluding tert-OH is 1. The maximum absolute atomic E-state index is 12.0. The number of hydrogen-bond acceptors (Lipinski definition) is 3. The molecule has 0 heterocycles. The minimum atomic E-state index is -0.986. The Morgan fingerprint density at radius 2 is 2.07 bits per heavy atom. The third-order valence-electron chi connectivity index (χ3n) is 2.26. The summed E-state index contributed by atoms with van der Waals surface area (Å²) in [5.41, 5.74) is -0.986. The first kappa shape index (κ1) is 13.9. The summed E-state index contributed by atoms with van der Waals surface area (Å²) < 4.78 is 0. The van der Waals surface area contributed by atoms with Gasteiger partial charge in [0, 0.05) is 19.2 Å². The van der Waals surface area contributed by atoms with Crippen LogP contribution in [-0.2, 0) is 4.79 Å². The van der Waals surface area contributed by atoms with Crippen LogP contribution in [-0.4, -0.2) is 35.1 Å². The second kappa shape index (κ2) is 5.72. The molecule has 0 aliphatic rings. The van der Waals surface area contributed by atoms with Crippen molar-refractivity contribution in [3.63, 3.8) is 0 Å². The molecule has 0 saturated heterocycles. The summed E-state index contributed by atoms with van der Waals surface area (Å²) in [7, 11) is 0. The molecule has 0 radical (unpaired) electrons. The van der Waals surface area contributed by atoms with Crippen molar-refractivity contribution in [1.29, 1.82) is 5.26 Å². The lowest BCUT2D eigenvalue weighted by Crippen LogP contribution is -2.44. The van der Waals surface area contributed by atoms with Gasteiger partial charge < -0.3 is 10.0 Å². The predicted molar refractivity (Wildman–Crippen MR) is 57.9 cm³/mol. The average Bonchev–Trinajstić information content (AvgIpc) is 2.17. The standard InChI is InChI=1S/C11H20N2O2/c1-9(2)13(6-5-7-14)10(15)11(3,4)8-12/h9,14H,5-7H2,1-4H3. The van der Waals surface area contributed by atoms with Gasteiger partial charge in [-0.3, -0.25) is 4.79 Å². The fraction of sp³-hybridized carbons (Fsp3) is 0.818. The molecular weight excluding hydrogens is 192 g/mol. The van der Waals surface area contributed by atoms with Crippen molar-refractivity contribution in [2.75, 3.05) is 13.2 Å². The number of amides is 1. The van der Waals surface area contributed by atoms with E-state index < -0.39 is 5.41 Å². The lowest BCUT2D eigenvalue weighted by atomic mass is 9.93. The molecule has 0 rings (SSSR count). The molecule has 1 N–H and O–H groups in total. The van der Waals surface area contributed by atoms with E-state index in [1.54, 1.807) is 18.7 Å². The number of nitriles is 1. The minimum absolute atomic E-state index is 0.0525.